The Bertz CT molecular complexity index is 477. The molecular weight excluding hydrogens is 266 g/mol. The third kappa shape index (κ3) is 4.11. The maximum absolute atomic E-state index is 6.08. The van der Waals surface area contributed by atoms with E-state index in [1.165, 1.54) is 5.56 Å². The lowest BCUT2D eigenvalue weighted by molar-refractivity contribution is 0.0674. The highest BCUT2D eigenvalue weighted by atomic mass is 16.5. The Kier molecular flexibility index (Phi) is 5.07. The van der Waals surface area contributed by atoms with Gasteiger partial charge < -0.3 is 20.1 Å². The van der Waals surface area contributed by atoms with Crippen LogP contribution in [0.1, 0.15) is 19.4 Å². The van der Waals surface area contributed by atoms with Crippen molar-refractivity contribution in [1.29, 1.82) is 0 Å². The zero-order valence-corrected chi connectivity index (χ0v) is 13.1. The average Bonchev–Trinajstić information content (AvgIpc) is 2.53. The van der Waals surface area contributed by atoms with Crippen molar-refractivity contribution in [3.63, 3.8) is 0 Å². The maximum atomic E-state index is 6.08. The van der Waals surface area contributed by atoms with Crippen molar-refractivity contribution in [3.05, 3.63) is 29.8 Å². The summed E-state index contributed by atoms with van der Waals surface area (Å²) in [5.74, 6) is 1.48. The average molecular weight is 291 g/mol. The van der Waals surface area contributed by atoms with Crippen LogP contribution in [0.3, 0.4) is 0 Å². The molecule has 1 aromatic rings. The fraction of sp³-hybridized carbons (Fsp3) is 0.562. The Balaban J connectivity index is 2.01. The van der Waals surface area contributed by atoms with E-state index in [4.69, 9.17) is 15.2 Å². The lowest BCUT2D eigenvalue weighted by Gasteiger charge is -2.29. The molecule has 5 nitrogen and oxygen atoms in total. The van der Waals surface area contributed by atoms with Gasteiger partial charge >= 0.3 is 0 Å². The lowest BCUT2D eigenvalue weighted by Crippen LogP contribution is -2.45. The predicted molar refractivity (Wildman–Crippen MR) is 84.9 cm³/mol. The molecule has 0 saturated carbocycles. The van der Waals surface area contributed by atoms with E-state index in [9.17, 15) is 0 Å². The smallest absolute Gasteiger partial charge is 0.191 e. The van der Waals surface area contributed by atoms with Gasteiger partial charge in [-0.1, -0.05) is 26.0 Å². The predicted octanol–water partition coefficient (Wildman–Crippen LogP) is 1.62. The van der Waals surface area contributed by atoms with Gasteiger partial charge in [-0.25, -0.2) is 0 Å². The van der Waals surface area contributed by atoms with Crippen molar-refractivity contribution in [3.8, 4) is 5.75 Å². The number of ether oxygens (including phenoxy) is 2. The largest absolute Gasteiger partial charge is 0.497 e. The summed E-state index contributed by atoms with van der Waals surface area (Å²) < 4.78 is 10.5. The van der Waals surface area contributed by atoms with Gasteiger partial charge in [0.1, 0.15) is 5.75 Å². The molecule has 1 aromatic carbocycles. The second-order valence-corrected chi connectivity index (χ2v) is 5.89. The summed E-state index contributed by atoms with van der Waals surface area (Å²) in [6.07, 6.45) is 0. The molecule has 1 aliphatic heterocycles. The Morgan fingerprint density at radius 2 is 1.90 bits per heavy atom. The van der Waals surface area contributed by atoms with E-state index in [0.29, 0.717) is 12.5 Å². The molecule has 0 spiro atoms. The van der Waals surface area contributed by atoms with Gasteiger partial charge in [-0.2, -0.15) is 0 Å². The summed E-state index contributed by atoms with van der Waals surface area (Å²) in [6.45, 7) is 8.07. The standard InChI is InChI=1S/C16H25N3O2/c1-16(2,13-4-6-14(20-3)7-5-13)12-18-15(17)19-8-10-21-11-9-19/h4-7H,8-12H2,1-3H3,(H2,17,18). The topological polar surface area (TPSA) is 60.1 Å². The van der Waals surface area contributed by atoms with Crippen LogP contribution in [-0.2, 0) is 10.2 Å². The summed E-state index contributed by atoms with van der Waals surface area (Å²) >= 11 is 0. The number of hydrogen-bond donors (Lipinski definition) is 1. The highest BCUT2D eigenvalue weighted by Crippen LogP contribution is 2.25. The molecule has 1 fully saturated rings. The minimum atomic E-state index is -0.0663. The molecule has 5 heteroatoms. The van der Waals surface area contributed by atoms with Crippen molar-refractivity contribution in [1.82, 2.24) is 4.90 Å². The summed E-state index contributed by atoms with van der Waals surface area (Å²) in [5, 5.41) is 0. The monoisotopic (exact) mass is 291 g/mol. The first-order valence-electron chi connectivity index (χ1n) is 7.30. The molecule has 2 N–H and O–H groups in total. The van der Waals surface area contributed by atoms with E-state index in [1.54, 1.807) is 7.11 Å². The van der Waals surface area contributed by atoms with Gasteiger partial charge in [0.15, 0.2) is 5.96 Å². The highest BCUT2D eigenvalue weighted by Gasteiger charge is 2.21. The van der Waals surface area contributed by atoms with Gasteiger partial charge in [-0.05, 0) is 17.7 Å². The first kappa shape index (κ1) is 15.6. The lowest BCUT2D eigenvalue weighted by atomic mass is 9.85. The third-order valence-corrected chi connectivity index (χ3v) is 3.84. The minimum Gasteiger partial charge on any atom is -0.497 e. The van der Waals surface area contributed by atoms with Gasteiger partial charge in [0.05, 0.1) is 26.9 Å². The zero-order chi connectivity index (χ0) is 15.3. The molecule has 2 rings (SSSR count). The van der Waals surface area contributed by atoms with Crippen LogP contribution in [0.4, 0.5) is 0 Å². The molecule has 0 aromatic heterocycles. The molecule has 1 saturated heterocycles. The molecule has 21 heavy (non-hydrogen) atoms. The van der Waals surface area contributed by atoms with Crippen LogP contribution in [0.25, 0.3) is 0 Å². The van der Waals surface area contributed by atoms with Crippen molar-refractivity contribution in [2.24, 2.45) is 10.7 Å². The molecule has 116 valence electrons. The molecule has 0 radical (unpaired) electrons. The number of nitrogens with two attached hydrogens (primary N) is 1. The fourth-order valence-electron chi connectivity index (χ4n) is 2.30. The number of benzene rings is 1. The Hall–Kier alpha value is -1.75. The van der Waals surface area contributed by atoms with E-state index in [1.807, 2.05) is 12.1 Å². The third-order valence-electron chi connectivity index (χ3n) is 3.84. The first-order valence-corrected chi connectivity index (χ1v) is 7.30. The van der Waals surface area contributed by atoms with Crippen LogP contribution in [-0.4, -0.2) is 50.8 Å². The molecule has 1 aliphatic rings. The summed E-state index contributed by atoms with van der Waals surface area (Å²) in [6, 6.07) is 8.12. The normalized spacial score (nSPS) is 16.9. The molecule has 0 aliphatic carbocycles. The van der Waals surface area contributed by atoms with Crippen molar-refractivity contribution >= 4 is 5.96 Å². The van der Waals surface area contributed by atoms with E-state index in [2.05, 4.69) is 35.9 Å². The van der Waals surface area contributed by atoms with Crippen LogP contribution in [0.5, 0.6) is 5.75 Å². The van der Waals surface area contributed by atoms with Crippen LogP contribution in [0, 0.1) is 0 Å². The number of nitrogens with zero attached hydrogens (tertiary/aromatic N) is 2. The SMILES string of the molecule is COc1ccc(C(C)(C)CN=C(N)N2CCOCC2)cc1. The number of guanidine groups is 1. The summed E-state index contributed by atoms with van der Waals surface area (Å²) in [7, 11) is 1.67. The van der Waals surface area contributed by atoms with E-state index in [0.717, 1.165) is 32.1 Å². The number of aliphatic imine (C=N–C) groups is 1. The van der Waals surface area contributed by atoms with Crippen LogP contribution in [0.15, 0.2) is 29.3 Å². The zero-order valence-electron chi connectivity index (χ0n) is 13.1. The molecule has 0 amide bonds. The quantitative estimate of drug-likeness (QED) is 0.676. The van der Waals surface area contributed by atoms with Crippen LogP contribution < -0.4 is 10.5 Å². The van der Waals surface area contributed by atoms with Gasteiger partial charge in [-0.3, -0.25) is 4.99 Å². The second kappa shape index (κ2) is 6.80. The van der Waals surface area contributed by atoms with Crippen molar-refractivity contribution < 1.29 is 9.47 Å². The molecule has 0 atom stereocenters. The van der Waals surface area contributed by atoms with E-state index in [-0.39, 0.29) is 5.41 Å². The Labute approximate surface area is 126 Å². The molecule has 0 unspecified atom stereocenters. The summed E-state index contributed by atoms with van der Waals surface area (Å²) in [4.78, 5) is 6.65. The maximum Gasteiger partial charge on any atom is 0.191 e. The van der Waals surface area contributed by atoms with Gasteiger partial charge in [0.2, 0.25) is 0 Å². The van der Waals surface area contributed by atoms with Gasteiger partial charge in [0, 0.05) is 18.5 Å². The number of hydrogen-bond acceptors (Lipinski definition) is 3. The van der Waals surface area contributed by atoms with Crippen molar-refractivity contribution in [2.45, 2.75) is 19.3 Å². The number of methoxy groups -OCH3 is 1. The Morgan fingerprint density at radius 3 is 2.48 bits per heavy atom. The summed E-state index contributed by atoms with van der Waals surface area (Å²) in [5.41, 5.74) is 7.24. The second-order valence-electron chi connectivity index (χ2n) is 5.89. The first-order chi connectivity index (χ1) is 10.0. The van der Waals surface area contributed by atoms with Gasteiger partial charge in [-0.15, -0.1) is 0 Å². The van der Waals surface area contributed by atoms with Gasteiger partial charge in [0.25, 0.3) is 0 Å². The number of rotatable bonds is 4. The van der Waals surface area contributed by atoms with E-state index >= 15 is 0 Å². The highest BCUT2D eigenvalue weighted by molar-refractivity contribution is 5.78. The number of morpholine rings is 1. The van der Waals surface area contributed by atoms with Crippen LogP contribution in [0.2, 0.25) is 0 Å². The molecule has 0 bridgehead atoms. The van der Waals surface area contributed by atoms with Crippen molar-refractivity contribution in [2.75, 3.05) is 40.0 Å². The molecular formula is C16H25N3O2. The minimum absolute atomic E-state index is 0.0663. The van der Waals surface area contributed by atoms with Crippen LogP contribution >= 0.6 is 0 Å². The Morgan fingerprint density at radius 1 is 1.29 bits per heavy atom. The fourth-order valence-corrected chi connectivity index (χ4v) is 2.30. The van der Waals surface area contributed by atoms with E-state index < -0.39 is 0 Å². The molecule has 1 heterocycles.